The highest BCUT2D eigenvalue weighted by molar-refractivity contribution is 6.74. The summed E-state index contributed by atoms with van der Waals surface area (Å²) in [4.78, 5) is 23.6. The molecule has 0 aliphatic carbocycles. The second kappa shape index (κ2) is 11.6. The Hall–Kier alpha value is -1.67. The van der Waals surface area contributed by atoms with E-state index in [9.17, 15) is 4.79 Å². The lowest BCUT2D eigenvalue weighted by atomic mass is 9.88. The van der Waals surface area contributed by atoms with Gasteiger partial charge in [0.05, 0.1) is 19.8 Å². The molecule has 0 saturated carbocycles. The van der Waals surface area contributed by atoms with Gasteiger partial charge in [0.15, 0.2) is 8.32 Å². The van der Waals surface area contributed by atoms with E-state index in [2.05, 4.69) is 33.9 Å². The van der Waals surface area contributed by atoms with E-state index < -0.39 is 25.9 Å². The number of carbonyl (C=O) groups excluding carboxylic acids is 1. The molecule has 1 aliphatic rings. The molecule has 0 spiro atoms. The van der Waals surface area contributed by atoms with Gasteiger partial charge in [-0.2, -0.15) is 0 Å². The fourth-order valence-electron chi connectivity index (χ4n) is 3.26. The lowest BCUT2D eigenvalue weighted by molar-refractivity contribution is -0.150. The first-order chi connectivity index (χ1) is 15.2. The summed E-state index contributed by atoms with van der Waals surface area (Å²) in [6.07, 6.45) is 1.19. The van der Waals surface area contributed by atoms with Gasteiger partial charge >= 0.3 is 5.97 Å². The number of nitrogens with zero attached hydrogens (tertiary/aromatic N) is 2. The zero-order valence-corrected chi connectivity index (χ0v) is 23.9. The smallest absolute Gasteiger partial charge is 0.346 e. The zero-order chi connectivity index (χ0) is 25.6. The maximum Gasteiger partial charge on any atom is 0.346 e. The van der Waals surface area contributed by atoms with Gasteiger partial charge in [-0.25, -0.2) is 14.8 Å². The molecule has 1 heterocycles. The average Bonchev–Trinajstić information content (AvgIpc) is 2.67. The van der Waals surface area contributed by atoms with Crippen molar-refractivity contribution in [1.29, 1.82) is 0 Å². The van der Waals surface area contributed by atoms with Crippen molar-refractivity contribution in [2.75, 3.05) is 19.8 Å². The lowest BCUT2D eigenvalue weighted by Crippen LogP contribution is -2.62. The number of esters is 1. The first kappa shape index (κ1) is 29.4. The monoisotopic (exact) mass is 482 g/mol. The van der Waals surface area contributed by atoms with Crippen molar-refractivity contribution in [2.45, 2.75) is 105 Å². The van der Waals surface area contributed by atoms with Crippen LogP contribution in [0.3, 0.4) is 0 Å². The first-order valence-electron chi connectivity index (χ1n) is 12.1. The molecule has 0 aromatic rings. The molecule has 33 heavy (non-hydrogen) atoms. The molecule has 3 atom stereocenters. The summed E-state index contributed by atoms with van der Waals surface area (Å²) >= 11 is 0. The maximum absolute atomic E-state index is 13.8. The summed E-state index contributed by atoms with van der Waals surface area (Å²) in [6, 6.07) is -0.353. The van der Waals surface area contributed by atoms with Crippen LogP contribution in [0.15, 0.2) is 21.6 Å². The topological polar surface area (TPSA) is 78.7 Å². The summed E-state index contributed by atoms with van der Waals surface area (Å²) in [6.45, 7) is 25.3. The van der Waals surface area contributed by atoms with Crippen LogP contribution in [0.1, 0.15) is 69.2 Å². The molecule has 0 fully saturated rings. The van der Waals surface area contributed by atoms with Crippen molar-refractivity contribution in [3.63, 3.8) is 0 Å². The zero-order valence-electron chi connectivity index (χ0n) is 22.9. The molecule has 1 rings (SSSR count). The third-order valence-electron chi connectivity index (χ3n) is 6.04. The molecule has 0 saturated heterocycles. The van der Waals surface area contributed by atoms with Gasteiger partial charge in [0.25, 0.3) is 5.54 Å². The molecule has 190 valence electrons. The van der Waals surface area contributed by atoms with Crippen molar-refractivity contribution < 1.29 is 23.4 Å². The summed E-state index contributed by atoms with van der Waals surface area (Å²) in [5.41, 5.74) is -0.619. The third-order valence-corrected chi connectivity index (χ3v) is 10.5. The Labute approximate surface area is 202 Å². The molecule has 0 aromatic carbocycles. The predicted molar refractivity (Wildman–Crippen MR) is 138 cm³/mol. The molecular weight excluding hydrogens is 436 g/mol. The number of ether oxygens (including phenoxy) is 3. The molecule has 1 aliphatic heterocycles. The number of rotatable bonds is 9. The fourth-order valence-corrected chi connectivity index (χ4v) is 4.49. The van der Waals surface area contributed by atoms with Crippen molar-refractivity contribution in [3.05, 3.63) is 11.6 Å². The van der Waals surface area contributed by atoms with Gasteiger partial charge in [0, 0.05) is 0 Å². The van der Waals surface area contributed by atoms with Gasteiger partial charge in [0.1, 0.15) is 12.1 Å². The first-order valence-corrected chi connectivity index (χ1v) is 15.0. The van der Waals surface area contributed by atoms with Gasteiger partial charge in [-0.1, -0.05) is 46.3 Å². The summed E-state index contributed by atoms with van der Waals surface area (Å²) in [5.74, 6) is 0.203. The highest BCUT2D eigenvalue weighted by Gasteiger charge is 2.59. The predicted octanol–water partition coefficient (Wildman–Crippen LogP) is 5.55. The molecule has 7 nitrogen and oxygen atoms in total. The second-order valence-corrected chi connectivity index (χ2v) is 15.2. The Morgan fingerprint density at radius 2 is 1.67 bits per heavy atom. The van der Waals surface area contributed by atoms with Crippen LogP contribution in [-0.4, -0.2) is 63.6 Å². The van der Waals surface area contributed by atoms with Gasteiger partial charge < -0.3 is 18.6 Å². The van der Waals surface area contributed by atoms with Gasteiger partial charge in [-0.15, -0.1) is 0 Å². The van der Waals surface area contributed by atoms with E-state index in [1.165, 1.54) is 0 Å². The number of hydrogen-bond donors (Lipinski definition) is 0. The van der Waals surface area contributed by atoms with E-state index in [0.717, 1.165) is 5.57 Å². The summed E-state index contributed by atoms with van der Waals surface area (Å²) < 4.78 is 24.4. The van der Waals surface area contributed by atoms with Crippen LogP contribution in [0.25, 0.3) is 0 Å². The van der Waals surface area contributed by atoms with Crippen molar-refractivity contribution in [2.24, 2.45) is 15.9 Å². The SMILES string of the molecule is CCOC(=O)[C@]1([C@@H](C=C(C)C)O[Si](C)(C)C(C)(C)C)N=C(OCC)[C@H](C(C)C)N=C1OCC. The maximum atomic E-state index is 13.8. The minimum absolute atomic E-state index is 0.0822. The lowest BCUT2D eigenvalue weighted by Gasteiger charge is -2.44. The average molecular weight is 483 g/mol. The van der Waals surface area contributed by atoms with Gasteiger partial charge in [-0.05, 0) is 58.7 Å². The van der Waals surface area contributed by atoms with Crippen LogP contribution in [0.4, 0.5) is 0 Å². The molecule has 0 amide bonds. The molecule has 0 bridgehead atoms. The molecule has 0 aromatic heterocycles. The molecule has 0 unspecified atom stereocenters. The molecule has 0 radical (unpaired) electrons. The summed E-state index contributed by atoms with van der Waals surface area (Å²) in [5, 5.41) is -0.0822. The van der Waals surface area contributed by atoms with E-state index >= 15 is 0 Å². The van der Waals surface area contributed by atoms with Gasteiger partial charge in [0.2, 0.25) is 11.8 Å². The largest absolute Gasteiger partial charge is 0.480 e. The van der Waals surface area contributed by atoms with E-state index in [1.54, 1.807) is 6.92 Å². The minimum Gasteiger partial charge on any atom is -0.480 e. The fraction of sp³-hybridized carbons (Fsp3) is 0.800. The highest BCUT2D eigenvalue weighted by atomic mass is 28.4. The number of allylic oxidation sites excluding steroid dienone is 1. The Morgan fingerprint density at radius 1 is 1.09 bits per heavy atom. The molecule has 8 heteroatoms. The highest BCUT2D eigenvalue weighted by Crippen LogP contribution is 2.41. The van der Waals surface area contributed by atoms with Gasteiger partial charge in [-0.3, -0.25) is 0 Å². The Morgan fingerprint density at radius 3 is 2.09 bits per heavy atom. The van der Waals surface area contributed by atoms with E-state index in [1.807, 2.05) is 47.6 Å². The van der Waals surface area contributed by atoms with Crippen LogP contribution in [-0.2, 0) is 23.4 Å². The van der Waals surface area contributed by atoms with Crippen LogP contribution in [0.2, 0.25) is 18.1 Å². The quantitative estimate of drug-likeness (QED) is 0.244. The van der Waals surface area contributed by atoms with E-state index in [4.69, 9.17) is 28.6 Å². The Balaban J connectivity index is 3.96. The number of carbonyl (C=O) groups is 1. The molecule has 0 N–H and O–H groups in total. The minimum atomic E-state index is -2.34. The van der Waals surface area contributed by atoms with Crippen molar-refractivity contribution in [1.82, 2.24) is 0 Å². The van der Waals surface area contributed by atoms with E-state index in [0.29, 0.717) is 19.1 Å². The van der Waals surface area contributed by atoms with Crippen LogP contribution in [0.5, 0.6) is 0 Å². The van der Waals surface area contributed by atoms with E-state index in [-0.39, 0.29) is 29.5 Å². The number of aliphatic imine (C=N–C) groups is 2. The standard InChI is InChI=1S/C25H46N2O5Si/c1-13-29-21-20(18(6)7)26-22(30-14-2)25(27-21,23(28)31-15-3)19(16-17(4)5)32-33(11,12)24(8,9)10/h16,18-20H,13-15H2,1-12H3/t19-,20+,25-/m1/s1. The van der Waals surface area contributed by atoms with Crippen LogP contribution in [0, 0.1) is 5.92 Å². The molecular formula is C25H46N2O5Si. The summed E-state index contributed by atoms with van der Waals surface area (Å²) in [7, 11) is -2.34. The van der Waals surface area contributed by atoms with Crippen LogP contribution < -0.4 is 0 Å². The second-order valence-electron chi connectivity index (χ2n) is 10.5. The van der Waals surface area contributed by atoms with Crippen molar-refractivity contribution in [3.8, 4) is 0 Å². The van der Waals surface area contributed by atoms with Crippen molar-refractivity contribution >= 4 is 26.1 Å². The Bertz CT molecular complexity index is 763. The normalized spacial score (nSPS) is 22.3. The Kier molecular flexibility index (Phi) is 10.4. The third kappa shape index (κ3) is 6.69. The number of hydrogen-bond acceptors (Lipinski definition) is 7. The van der Waals surface area contributed by atoms with Crippen LogP contribution >= 0.6 is 0 Å².